The third kappa shape index (κ3) is 4.27. The van der Waals surface area contributed by atoms with E-state index in [0.717, 1.165) is 10.4 Å². The molecule has 2 N–H and O–H groups in total. The van der Waals surface area contributed by atoms with Gasteiger partial charge in [0.15, 0.2) is 5.49 Å². The molecule has 27 heavy (non-hydrogen) atoms. The number of nitrogens with one attached hydrogen (secondary N) is 1. The van der Waals surface area contributed by atoms with E-state index in [1.165, 1.54) is 30.3 Å². The summed E-state index contributed by atoms with van der Waals surface area (Å²) in [7, 11) is 0. The molecule has 0 saturated carbocycles. The lowest BCUT2D eigenvalue weighted by Gasteiger charge is -2.06. The van der Waals surface area contributed by atoms with Crippen molar-refractivity contribution in [1.82, 2.24) is 9.71 Å². The maximum Gasteiger partial charge on any atom is 0.279 e. The number of hydrogen-bond donors (Lipinski definition) is 2. The number of amides is 2. The van der Waals surface area contributed by atoms with Crippen LogP contribution in [0.4, 0.5) is 5.82 Å². The Labute approximate surface area is 155 Å². The largest absolute Gasteiger partial charge is 0.427 e. The molecule has 0 fully saturated rings. The summed E-state index contributed by atoms with van der Waals surface area (Å²) in [5.74, 6) is -0.381. The first-order valence-electron chi connectivity index (χ1n) is 8.26. The van der Waals surface area contributed by atoms with Crippen molar-refractivity contribution in [2.45, 2.75) is 13.8 Å². The fourth-order valence-corrected chi connectivity index (χ4v) is 2.41. The van der Waals surface area contributed by atoms with E-state index in [4.69, 9.17) is 0 Å². The van der Waals surface area contributed by atoms with Gasteiger partial charge in [-0.15, -0.1) is 0 Å². The van der Waals surface area contributed by atoms with Crippen LogP contribution < -0.4 is 10.8 Å². The second-order valence-corrected chi connectivity index (χ2v) is 5.95. The molecule has 3 aromatic rings. The fourth-order valence-electron chi connectivity index (χ4n) is 2.41. The van der Waals surface area contributed by atoms with Crippen molar-refractivity contribution in [1.29, 1.82) is 0 Å². The molecule has 7 heteroatoms. The number of carbonyl (C=O) groups is 2. The average molecular weight is 362 g/mol. The van der Waals surface area contributed by atoms with Crippen LogP contribution in [0, 0.1) is 13.8 Å². The second kappa shape index (κ2) is 7.65. The van der Waals surface area contributed by atoms with Gasteiger partial charge in [-0.3, -0.25) is 9.59 Å². The van der Waals surface area contributed by atoms with E-state index in [1.807, 2.05) is 13.0 Å². The molecule has 136 valence electrons. The minimum Gasteiger partial charge on any atom is -0.427 e. The second-order valence-electron chi connectivity index (χ2n) is 5.95. The van der Waals surface area contributed by atoms with Crippen LogP contribution in [0.25, 0.3) is 0 Å². The maximum atomic E-state index is 12.3. The van der Waals surface area contributed by atoms with Crippen molar-refractivity contribution >= 4 is 17.6 Å². The van der Waals surface area contributed by atoms with Gasteiger partial charge in [0.25, 0.3) is 11.8 Å². The molecular formula is C20H18N4O3. The van der Waals surface area contributed by atoms with Gasteiger partial charge in [-0.1, -0.05) is 12.1 Å². The topological polar surface area (TPSA) is 96.6 Å². The van der Waals surface area contributed by atoms with E-state index in [0.29, 0.717) is 22.6 Å². The van der Waals surface area contributed by atoms with Crippen molar-refractivity contribution in [3.63, 3.8) is 0 Å². The van der Waals surface area contributed by atoms with Crippen molar-refractivity contribution in [3.05, 3.63) is 88.7 Å². The van der Waals surface area contributed by atoms with Crippen LogP contribution in [0.5, 0.6) is 0 Å². The van der Waals surface area contributed by atoms with Gasteiger partial charge in [-0.25, -0.2) is 4.98 Å². The standard InChI is InChI=1S/C20H18N4O3/c1-13-5-3-7-17(21-13)22-19(25)15-9-11-16(12-10-15)20(26)23-18-8-4-6-14(2)24(18)27/h3-12,27H,1-2H3,(H,21,22,25). The summed E-state index contributed by atoms with van der Waals surface area (Å²) in [4.78, 5) is 32.7. The first kappa shape index (κ1) is 18.1. The fraction of sp³-hybridized carbons (Fsp3) is 0.100. The molecule has 0 aliphatic carbocycles. The first-order chi connectivity index (χ1) is 12.9. The Morgan fingerprint density at radius 3 is 2.33 bits per heavy atom. The molecule has 2 heterocycles. The molecule has 0 aliphatic rings. The number of aryl methyl sites for hydroxylation is 2. The molecule has 0 atom stereocenters. The Morgan fingerprint density at radius 1 is 0.963 bits per heavy atom. The van der Waals surface area contributed by atoms with E-state index < -0.39 is 5.91 Å². The molecule has 3 rings (SSSR count). The smallest absolute Gasteiger partial charge is 0.279 e. The van der Waals surface area contributed by atoms with E-state index in [1.54, 1.807) is 31.2 Å². The highest BCUT2D eigenvalue weighted by Gasteiger charge is 2.10. The van der Waals surface area contributed by atoms with Crippen LogP contribution in [0.15, 0.2) is 65.7 Å². The van der Waals surface area contributed by atoms with Gasteiger partial charge in [-0.2, -0.15) is 9.72 Å². The molecule has 2 amide bonds. The normalized spacial score (nSPS) is 11.3. The molecule has 0 bridgehead atoms. The van der Waals surface area contributed by atoms with E-state index in [2.05, 4.69) is 15.3 Å². The Hall–Kier alpha value is -3.74. The minimum atomic E-state index is -0.518. The summed E-state index contributed by atoms with van der Waals surface area (Å²) in [6, 6.07) is 16.4. The summed E-state index contributed by atoms with van der Waals surface area (Å²) < 4.78 is 0.842. The lowest BCUT2D eigenvalue weighted by atomic mass is 10.1. The van der Waals surface area contributed by atoms with Crippen LogP contribution in [0.1, 0.15) is 32.1 Å². The van der Waals surface area contributed by atoms with Crippen molar-refractivity contribution in [3.8, 4) is 0 Å². The monoisotopic (exact) mass is 362 g/mol. The molecule has 1 aromatic carbocycles. The molecule has 0 saturated heterocycles. The molecule has 0 unspecified atom stereocenters. The molecule has 2 aromatic heterocycles. The van der Waals surface area contributed by atoms with Crippen LogP contribution >= 0.6 is 0 Å². The van der Waals surface area contributed by atoms with E-state index in [9.17, 15) is 14.8 Å². The zero-order valence-electron chi connectivity index (χ0n) is 14.9. The summed E-state index contributed by atoms with van der Waals surface area (Å²) in [6.45, 7) is 3.53. The predicted octanol–water partition coefficient (Wildman–Crippen LogP) is 2.73. The van der Waals surface area contributed by atoms with Crippen molar-refractivity contribution in [2.75, 3.05) is 5.32 Å². The van der Waals surface area contributed by atoms with Gasteiger partial charge in [-0.05, 0) is 62.4 Å². The number of benzene rings is 1. The van der Waals surface area contributed by atoms with E-state index in [-0.39, 0.29) is 11.4 Å². The van der Waals surface area contributed by atoms with E-state index >= 15 is 0 Å². The Bertz CT molecular complexity index is 1070. The quantitative estimate of drug-likeness (QED) is 0.700. The number of nitrogens with zero attached hydrogens (tertiary/aromatic N) is 3. The lowest BCUT2D eigenvalue weighted by molar-refractivity contribution is 0.0983. The third-order valence-electron chi connectivity index (χ3n) is 3.87. The first-order valence-corrected chi connectivity index (χ1v) is 8.26. The Kier molecular flexibility index (Phi) is 5.12. The predicted molar refractivity (Wildman–Crippen MR) is 99.6 cm³/mol. The van der Waals surface area contributed by atoms with Gasteiger partial charge < -0.3 is 10.5 Å². The van der Waals surface area contributed by atoms with Gasteiger partial charge in [0.05, 0.1) is 5.69 Å². The lowest BCUT2D eigenvalue weighted by Crippen LogP contribution is -2.21. The minimum absolute atomic E-state index is 0.132. The average Bonchev–Trinajstić information content (AvgIpc) is 2.65. The number of anilines is 1. The highest BCUT2D eigenvalue weighted by Crippen LogP contribution is 2.10. The van der Waals surface area contributed by atoms with Gasteiger partial charge in [0, 0.05) is 16.8 Å². The third-order valence-corrected chi connectivity index (χ3v) is 3.87. The summed E-state index contributed by atoms with van der Waals surface area (Å²) in [5, 5.41) is 12.6. The Morgan fingerprint density at radius 2 is 1.63 bits per heavy atom. The molecular weight excluding hydrogens is 344 g/mol. The van der Waals surface area contributed by atoms with Crippen LogP contribution in [-0.2, 0) is 0 Å². The highest BCUT2D eigenvalue weighted by molar-refractivity contribution is 6.04. The zero-order chi connectivity index (χ0) is 19.4. The van der Waals surface area contributed by atoms with Crippen LogP contribution in [-0.4, -0.2) is 26.7 Å². The SMILES string of the molecule is Cc1cccc(NC(=O)c2ccc(C(=O)N=c3cccc(C)n3O)cc2)n1. The number of hydrogen-bond acceptors (Lipinski definition) is 4. The van der Waals surface area contributed by atoms with Gasteiger partial charge >= 0.3 is 0 Å². The number of pyridine rings is 2. The van der Waals surface area contributed by atoms with Crippen LogP contribution in [0.3, 0.4) is 0 Å². The maximum absolute atomic E-state index is 12.3. The number of carbonyl (C=O) groups excluding carboxylic acids is 2. The molecule has 0 aliphatic heterocycles. The van der Waals surface area contributed by atoms with Crippen molar-refractivity contribution < 1.29 is 14.8 Å². The number of aromatic nitrogens is 2. The summed E-state index contributed by atoms with van der Waals surface area (Å²) >= 11 is 0. The summed E-state index contributed by atoms with van der Waals surface area (Å²) in [6.07, 6.45) is 0. The van der Waals surface area contributed by atoms with Crippen molar-refractivity contribution in [2.24, 2.45) is 4.99 Å². The van der Waals surface area contributed by atoms with Crippen LogP contribution in [0.2, 0.25) is 0 Å². The highest BCUT2D eigenvalue weighted by atomic mass is 16.5. The molecule has 0 radical (unpaired) electrons. The summed E-state index contributed by atoms with van der Waals surface area (Å²) in [5.41, 5.74) is 2.19. The number of rotatable bonds is 3. The van der Waals surface area contributed by atoms with Gasteiger partial charge in [0.1, 0.15) is 5.82 Å². The Balaban J connectivity index is 1.77. The molecule has 0 spiro atoms. The zero-order valence-corrected chi connectivity index (χ0v) is 14.9. The van der Waals surface area contributed by atoms with Gasteiger partial charge in [0.2, 0.25) is 0 Å². The molecule has 7 nitrogen and oxygen atoms in total.